The number of benzene rings is 11. The Hall–Kier alpha value is -8.20. The summed E-state index contributed by atoms with van der Waals surface area (Å²) in [5, 5.41) is 12.4. The van der Waals surface area contributed by atoms with E-state index in [-0.39, 0.29) is 0 Å². The maximum atomic E-state index is 3.86. The number of H-pyrrole nitrogens is 2. The Morgan fingerprint density at radius 2 is 0.629 bits per heavy atom. The minimum absolute atomic E-state index is 1.14. The van der Waals surface area contributed by atoms with Gasteiger partial charge >= 0.3 is 0 Å². The normalized spacial score (nSPS) is 11.9. The fourth-order valence-electron chi connectivity index (χ4n) is 10.5. The van der Waals surface area contributed by atoms with Crippen LogP contribution in [0.1, 0.15) is 0 Å². The van der Waals surface area contributed by atoms with Crippen molar-refractivity contribution in [1.29, 1.82) is 0 Å². The first-order chi connectivity index (χ1) is 30.8. The van der Waals surface area contributed by atoms with Gasteiger partial charge in [0.05, 0.1) is 11.0 Å². The topological polar surface area (TPSA) is 31.6 Å². The van der Waals surface area contributed by atoms with E-state index < -0.39 is 0 Å². The van der Waals surface area contributed by atoms with Gasteiger partial charge < -0.3 is 9.97 Å². The summed E-state index contributed by atoms with van der Waals surface area (Å²) in [6, 6.07) is 80.4. The number of rotatable bonds is 5. The molecule has 2 nitrogen and oxygen atoms in total. The van der Waals surface area contributed by atoms with Crippen LogP contribution in [-0.4, -0.2) is 9.97 Å². The average molecular weight is 787 g/mol. The number of aromatic nitrogens is 2. The molecule has 11 aromatic carbocycles. The molecule has 0 saturated heterocycles. The van der Waals surface area contributed by atoms with Crippen molar-refractivity contribution in [3.63, 3.8) is 0 Å². The summed E-state index contributed by atoms with van der Waals surface area (Å²) in [7, 11) is 0. The van der Waals surface area contributed by atoms with E-state index in [0.29, 0.717) is 0 Å². The van der Waals surface area contributed by atoms with E-state index in [0.717, 1.165) is 22.1 Å². The Balaban J connectivity index is 1.22. The molecule has 2 heterocycles. The van der Waals surface area contributed by atoms with Crippen molar-refractivity contribution in [2.45, 2.75) is 0 Å². The Morgan fingerprint density at radius 3 is 1.27 bits per heavy atom. The highest BCUT2D eigenvalue weighted by atomic mass is 14.7. The summed E-state index contributed by atoms with van der Waals surface area (Å²) in [5.41, 5.74) is 16.5. The molecule has 62 heavy (non-hydrogen) atoms. The molecule has 0 spiro atoms. The lowest BCUT2D eigenvalue weighted by molar-refractivity contribution is 1.52. The van der Waals surface area contributed by atoms with Gasteiger partial charge in [-0.3, -0.25) is 0 Å². The van der Waals surface area contributed by atoms with Crippen molar-refractivity contribution in [3.8, 4) is 55.6 Å². The van der Waals surface area contributed by atoms with Crippen LogP contribution in [0.3, 0.4) is 0 Å². The van der Waals surface area contributed by atoms with Crippen molar-refractivity contribution in [2.75, 3.05) is 0 Å². The molecule has 0 aliphatic carbocycles. The third-order valence-electron chi connectivity index (χ3n) is 13.2. The second kappa shape index (κ2) is 13.7. The van der Waals surface area contributed by atoms with Crippen LogP contribution in [0.5, 0.6) is 0 Å². The molecule has 0 fully saturated rings. The summed E-state index contributed by atoms with van der Waals surface area (Å²) in [5.74, 6) is 0. The van der Waals surface area contributed by atoms with Crippen LogP contribution >= 0.6 is 0 Å². The lowest BCUT2D eigenvalue weighted by Gasteiger charge is -2.24. The van der Waals surface area contributed by atoms with E-state index in [1.807, 2.05) is 0 Å². The highest BCUT2D eigenvalue weighted by Crippen LogP contribution is 2.52. The highest BCUT2D eigenvalue weighted by molar-refractivity contribution is 6.31. The summed E-state index contributed by atoms with van der Waals surface area (Å²) >= 11 is 0. The van der Waals surface area contributed by atoms with Gasteiger partial charge in [-0.2, -0.15) is 0 Å². The summed E-state index contributed by atoms with van der Waals surface area (Å²) in [4.78, 5) is 7.71. The predicted octanol–water partition coefficient (Wildman–Crippen LogP) is 16.8. The Labute approximate surface area is 358 Å². The molecule has 0 aliphatic heterocycles. The monoisotopic (exact) mass is 786 g/mol. The SMILES string of the molecule is c1ccc(-c2cccc(-c3cccc4c3[nH]c3ccccc34)c2-c2ccc3c4ccccc4c4ccccc4c3c2-c2ccccc2-c2cccc3c2[nH]c2ccccc23)cc1. The molecule has 288 valence electrons. The molecule has 0 bridgehead atoms. The first-order valence-electron chi connectivity index (χ1n) is 21.4. The Bertz CT molecular complexity index is 3890. The van der Waals surface area contributed by atoms with Crippen molar-refractivity contribution < 1.29 is 0 Å². The van der Waals surface area contributed by atoms with E-state index in [2.05, 4.69) is 228 Å². The molecule has 2 aromatic heterocycles. The number of nitrogens with one attached hydrogen (secondary N) is 2. The first kappa shape index (κ1) is 34.6. The third-order valence-corrected chi connectivity index (χ3v) is 13.2. The van der Waals surface area contributed by atoms with E-state index in [4.69, 9.17) is 0 Å². The zero-order chi connectivity index (χ0) is 40.7. The molecule has 0 radical (unpaired) electrons. The van der Waals surface area contributed by atoms with E-state index in [1.165, 1.54) is 109 Å². The molecular formula is C60H38N2. The molecular weight excluding hydrogens is 749 g/mol. The molecule has 0 atom stereocenters. The van der Waals surface area contributed by atoms with Crippen LogP contribution in [0.15, 0.2) is 218 Å². The van der Waals surface area contributed by atoms with Crippen molar-refractivity contribution in [2.24, 2.45) is 0 Å². The molecule has 0 saturated carbocycles. The lowest BCUT2D eigenvalue weighted by atomic mass is 9.79. The fraction of sp³-hybridized carbons (Fsp3) is 0. The molecule has 2 heteroatoms. The first-order valence-corrected chi connectivity index (χ1v) is 21.4. The Morgan fingerprint density at radius 1 is 0.210 bits per heavy atom. The maximum Gasteiger partial charge on any atom is 0.0544 e. The van der Waals surface area contributed by atoms with Gasteiger partial charge in [0.1, 0.15) is 0 Å². The minimum atomic E-state index is 1.14. The largest absolute Gasteiger partial charge is 0.354 e. The summed E-state index contributed by atoms with van der Waals surface area (Å²) < 4.78 is 0. The van der Waals surface area contributed by atoms with E-state index >= 15 is 0 Å². The second-order valence-corrected chi connectivity index (χ2v) is 16.4. The standard InChI is InChI=1S/C60H38N2/c1-2-17-37(18-3-1)38-27-14-28-47(52-32-16-31-51-44-24-11-13-34-55(44)62-60(51)52)56(38)53-36-35-48-41-21-5-4-19-39(41)40-20-6-8-25-45(40)57(48)58(53)46-26-9-7-22-42(46)49-29-15-30-50-43-23-10-12-33-54(43)61-59(49)50/h1-36,61-62H. The zero-order valence-electron chi connectivity index (χ0n) is 33.8. The van der Waals surface area contributed by atoms with Crippen molar-refractivity contribution >= 4 is 75.9 Å². The van der Waals surface area contributed by atoms with Crippen LogP contribution < -0.4 is 0 Å². The average Bonchev–Trinajstić information content (AvgIpc) is 3.93. The Kier molecular flexibility index (Phi) is 7.64. The maximum absolute atomic E-state index is 3.86. The van der Waals surface area contributed by atoms with E-state index in [1.54, 1.807) is 0 Å². The third kappa shape index (κ3) is 5.11. The molecule has 13 rings (SSSR count). The molecule has 0 amide bonds. The quantitative estimate of drug-likeness (QED) is 0.163. The highest BCUT2D eigenvalue weighted by Gasteiger charge is 2.25. The second-order valence-electron chi connectivity index (χ2n) is 16.4. The van der Waals surface area contributed by atoms with Gasteiger partial charge in [-0.25, -0.2) is 0 Å². The van der Waals surface area contributed by atoms with Gasteiger partial charge in [0.2, 0.25) is 0 Å². The molecule has 13 aromatic rings. The summed E-state index contributed by atoms with van der Waals surface area (Å²) in [6.45, 7) is 0. The van der Waals surface area contributed by atoms with Crippen molar-refractivity contribution in [3.05, 3.63) is 218 Å². The van der Waals surface area contributed by atoms with Crippen LogP contribution in [0, 0.1) is 0 Å². The molecule has 0 unspecified atom stereocenters. The number of hydrogen-bond donors (Lipinski definition) is 2. The number of hydrogen-bond acceptors (Lipinski definition) is 0. The van der Waals surface area contributed by atoms with Crippen LogP contribution in [0.4, 0.5) is 0 Å². The van der Waals surface area contributed by atoms with Gasteiger partial charge in [0.25, 0.3) is 0 Å². The predicted molar refractivity (Wildman–Crippen MR) is 265 cm³/mol. The van der Waals surface area contributed by atoms with Gasteiger partial charge in [-0.05, 0) is 89.0 Å². The number of fused-ring (bicyclic) bond motifs is 12. The van der Waals surface area contributed by atoms with Crippen LogP contribution in [0.2, 0.25) is 0 Å². The number of para-hydroxylation sites is 4. The minimum Gasteiger partial charge on any atom is -0.354 e. The fourth-order valence-corrected chi connectivity index (χ4v) is 10.5. The smallest absolute Gasteiger partial charge is 0.0544 e. The lowest BCUT2D eigenvalue weighted by Crippen LogP contribution is -1.97. The van der Waals surface area contributed by atoms with Crippen LogP contribution in [0.25, 0.3) is 132 Å². The van der Waals surface area contributed by atoms with Gasteiger partial charge in [-0.1, -0.05) is 206 Å². The van der Waals surface area contributed by atoms with Crippen LogP contribution in [-0.2, 0) is 0 Å². The summed E-state index contributed by atoms with van der Waals surface area (Å²) in [6.07, 6.45) is 0. The van der Waals surface area contributed by atoms with Gasteiger partial charge in [0, 0.05) is 43.7 Å². The molecule has 2 N–H and O–H groups in total. The van der Waals surface area contributed by atoms with Gasteiger partial charge in [-0.15, -0.1) is 0 Å². The molecule has 0 aliphatic rings. The zero-order valence-corrected chi connectivity index (χ0v) is 33.8. The number of aromatic amines is 2. The van der Waals surface area contributed by atoms with Crippen molar-refractivity contribution in [1.82, 2.24) is 9.97 Å². The van der Waals surface area contributed by atoms with E-state index in [9.17, 15) is 0 Å². The van der Waals surface area contributed by atoms with Gasteiger partial charge in [0.15, 0.2) is 0 Å².